The summed E-state index contributed by atoms with van der Waals surface area (Å²) in [4.78, 5) is 16.1. The number of nitrogens with zero attached hydrogens (tertiary/aromatic N) is 1. The maximum atomic E-state index is 12.9. The monoisotopic (exact) mass is 345 g/mol. The SMILES string of the molecule is CCc1cccc2c(C(=O)O)cc(-c3cccc(C(F)(F)F)c3)nc12. The molecule has 0 fully saturated rings. The van der Waals surface area contributed by atoms with Gasteiger partial charge in [-0.05, 0) is 30.2 Å². The minimum absolute atomic E-state index is 0.0210. The van der Waals surface area contributed by atoms with Crippen molar-refractivity contribution in [2.75, 3.05) is 0 Å². The van der Waals surface area contributed by atoms with Gasteiger partial charge in [-0.15, -0.1) is 0 Å². The number of aromatic carboxylic acids is 1. The van der Waals surface area contributed by atoms with Crippen molar-refractivity contribution in [2.24, 2.45) is 0 Å². The molecule has 0 bridgehead atoms. The van der Waals surface area contributed by atoms with Gasteiger partial charge in [0, 0.05) is 10.9 Å². The number of pyridine rings is 1. The van der Waals surface area contributed by atoms with Crippen molar-refractivity contribution < 1.29 is 23.1 Å². The molecule has 1 heterocycles. The summed E-state index contributed by atoms with van der Waals surface area (Å²) in [5.41, 5.74) is 0.994. The van der Waals surface area contributed by atoms with Crippen LogP contribution in [0.3, 0.4) is 0 Å². The molecule has 2 aromatic carbocycles. The lowest BCUT2D eigenvalue weighted by Crippen LogP contribution is -2.05. The Labute approximate surface area is 141 Å². The fourth-order valence-electron chi connectivity index (χ4n) is 2.77. The van der Waals surface area contributed by atoms with Crippen molar-refractivity contribution in [2.45, 2.75) is 19.5 Å². The Bertz CT molecular complexity index is 965. The molecule has 0 saturated heterocycles. The molecule has 0 saturated carbocycles. The minimum Gasteiger partial charge on any atom is -0.478 e. The number of fused-ring (bicyclic) bond motifs is 1. The highest BCUT2D eigenvalue weighted by molar-refractivity contribution is 6.04. The number of carboxylic acids is 1. The van der Waals surface area contributed by atoms with Gasteiger partial charge in [0.25, 0.3) is 0 Å². The lowest BCUT2D eigenvalue weighted by molar-refractivity contribution is -0.137. The van der Waals surface area contributed by atoms with Crippen LogP contribution in [0.15, 0.2) is 48.5 Å². The first-order valence-corrected chi connectivity index (χ1v) is 7.65. The zero-order valence-electron chi connectivity index (χ0n) is 13.3. The Morgan fingerprint density at radius 3 is 2.48 bits per heavy atom. The molecule has 1 aromatic heterocycles. The van der Waals surface area contributed by atoms with Gasteiger partial charge in [0.2, 0.25) is 0 Å². The van der Waals surface area contributed by atoms with Crippen molar-refractivity contribution in [3.63, 3.8) is 0 Å². The van der Waals surface area contributed by atoms with Gasteiger partial charge in [0.1, 0.15) is 0 Å². The molecular formula is C19H14F3NO2. The Morgan fingerprint density at radius 1 is 1.12 bits per heavy atom. The molecule has 128 valence electrons. The summed E-state index contributed by atoms with van der Waals surface area (Å²) in [5, 5.41) is 9.97. The summed E-state index contributed by atoms with van der Waals surface area (Å²) >= 11 is 0. The lowest BCUT2D eigenvalue weighted by atomic mass is 10.00. The first kappa shape index (κ1) is 17.0. The number of hydrogen-bond donors (Lipinski definition) is 1. The lowest BCUT2D eigenvalue weighted by Gasteiger charge is -2.12. The molecule has 0 unspecified atom stereocenters. The predicted octanol–water partition coefficient (Wildman–Crippen LogP) is 5.18. The molecule has 0 radical (unpaired) electrons. The maximum Gasteiger partial charge on any atom is 0.416 e. The van der Waals surface area contributed by atoms with Gasteiger partial charge in [0.15, 0.2) is 0 Å². The van der Waals surface area contributed by atoms with E-state index >= 15 is 0 Å². The average Bonchev–Trinajstić information content (AvgIpc) is 2.59. The molecule has 0 spiro atoms. The zero-order valence-corrected chi connectivity index (χ0v) is 13.3. The third-order valence-corrected chi connectivity index (χ3v) is 4.02. The minimum atomic E-state index is -4.48. The van der Waals surface area contributed by atoms with Crippen LogP contribution in [0.5, 0.6) is 0 Å². The van der Waals surface area contributed by atoms with Crippen LogP contribution in [-0.2, 0) is 12.6 Å². The smallest absolute Gasteiger partial charge is 0.416 e. The topological polar surface area (TPSA) is 50.2 Å². The van der Waals surface area contributed by atoms with Crippen LogP contribution < -0.4 is 0 Å². The number of aryl methyl sites for hydroxylation is 1. The number of halogens is 3. The number of aromatic nitrogens is 1. The summed E-state index contributed by atoms with van der Waals surface area (Å²) in [7, 11) is 0. The second kappa shape index (κ2) is 6.20. The Hall–Kier alpha value is -2.89. The van der Waals surface area contributed by atoms with Crippen LogP contribution in [0.2, 0.25) is 0 Å². The highest BCUT2D eigenvalue weighted by atomic mass is 19.4. The molecule has 3 rings (SSSR count). The number of carbonyl (C=O) groups is 1. The van der Waals surface area contributed by atoms with E-state index < -0.39 is 17.7 Å². The van der Waals surface area contributed by atoms with Crippen molar-refractivity contribution in [3.8, 4) is 11.3 Å². The number of para-hydroxylation sites is 1. The normalized spacial score (nSPS) is 11.7. The van der Waals surface area contributed by atoms with E-state index in [1.165, 1.54) is 18.2 Å². The first-order chi connectivity index (χ1) is 11.8. The third kappa shape index (κ3) is 3.20. The summed E-state index contributed by atoms with van der Waals surface area (Å²) in [6, 6.07) is 11.3. The van der Waals surface area contributed by atoms with Crippen molar-refractivity contribution in [1.82, 2.24) is 4.98 Å². The van der Waals surface area contributed by atoms with Crippen LogP contribution in [0.4, 0.5) is 13.2 Å². The average molecular weight is 345 g/mol. The van der Waals surface area contributed by atoms with Gasteiger partial charge in [-0.25, -0.2) is 9.78 Å². The van der Waals surface area contributed by atoms with Gasteiger partial charge in [-0.1, -0.05) is 37.3 Å². The zero-order chi connectivity index (χ0) is 18.2. The van der Waals surface area contributed by atoms with Gasteiger partial charge >= 0.3 is 12.1 Å². The standard InChI is InChI=1S/C19H14F3NO2/c1-2-11-5-4-8-14-15(18(24)25)10-16(23-17(11)14)12-6-3-7-13(9-12)19(20,21)22/h3-10H,2H2,1H3,(H,24,25). The van der Waals surface area contributed by atoms with E-state index in [0.29, 0.717) is 17.3 Å². The van der Waals surface area contributed by atoms with E-state index in [-0.39, 0.29) is 16.8 Å². The van der Waals surface area contributed by atoms with Gasteiger partial charge < -0.3 is 5.11 Å². The van der Waals surface area contributed by atoms with Crippen molar-refractivity contribution in [3.05, 3.63) is 65.2 Å². The summed E-state index contributed by atoms with van der Waals surface area (Å²) in [5.74, 6) is -1.14. The number of rotatable bonds is 3. The summed E-state index contributed by atoms with van der Waals surface area (Å²) in [6.45, 7) is 1.91. The molecule has 0 aliphatic carbocycles. The van der Waals surface area contributed by atoms with Crippen LogP contribution in [0.1, 0.15) is 28.4 Å². The molecule has 1 N–H and O–H groups in total. The predicted molar refractivity (Wildman–Crippen MR) is 88.5 cm³/mol. The first-order valence-electron chi connectivity index (χ1n) is 7.65. The molecule has 0 atom stereocenters. The summed E-state index contributed by atoms with van der Waals surface area (Å²) < 4.78 is 38.8. The van der Waals surface area contributed by atoms with E-state index in [0.717, 1.165) is 17.7 Å². The number of benzene rings is 2. The van der Waals surface area contributed by atoms with Crippen molar-refractivity contribution >= 4 is 16.9 Å². The molecule has 0 aliphatic rings. The van der Waals surface area contributed by atoms with Crippen LogP contribution >= 0.6 is 0 Å². The molecule has 0 aliphatic heterocycles. The molecule has 25 heavy (non-hydrogen) atoms. The van der Waals surface area contributed by atoms with Gasteiger partial charge in [-0.2, -0.15) is 13.2 Å². The molecular weight excluding hydrogens is 331 g/mol. The quantitative estimate of drug-likeness (QED) is 0.711. The van der Waals surface area contributed by atoms with E-state index in [2.05, 4.69) is 4.98 Å². The number of hydrogen-bond acceptors (Lipinski definition) is 2. The van der Waals surface area contributed by atoms with E-state index in [1.807, 2.05) is 13.0 Å². The summed E-state index contributed by atoms with van der Waals surface area (Å²) in [6.07, 6.45) is -3.84. The fraction of sp³-hybridized carbons (Fsp3) is 0.158. The largest absolute Gasteiger partial charge is 0.478 e. The molecule has 3 aromatic rings. The second-order valence-electron chi connectivity index (χ2n) is 5.61. The van der Waals surface area contributed by atoms with Gasteiger partial charge in [0.05, 0.1) is 22.3 Å². The Morgan fingerprint density at radius 2 is 1.84 bits per heavy atom. The molecule has 0 amide bonds. The number of alkyl halides is 3. The molecule has 6 heteroatoms. The second-order valence-corrected chi connectivity index (χ2v) is 5.61. The third-order valence-electron chi connectivity index (χ3n) is 4.02. The van der Waals surface area contributed by atoms with Crippen LogP contribution in [0, 0.1) is 0 Å². The van der Waals surface area contributed by atoms with Crippen molar-refractivity contribution in [1.29, 1.82) is 0 Å². The maximum absolute atomic E-state index is 12.9. The number of carboxylic acid groups (broad SMARTS) is 1. The van der Waals surface area contributed by atoms with Gasteiger partial charge in [-0.3, -0.25) is 0 Å². The van der Waals surface area contributed by atoms with Crippen LogP contribution in [0.25, 0.3) is 22.2 Å². The van der Waals surface area contributed by atoms with Crippen LogP contribution in [-0.4, -0.2) is 16.1 Å². The van der Waals surface area contributed by atoms with E-state index in [1.54, 1.807) is 12.1 Å². The fourth-order valence-corrected chi connectivity index (χ4v) is 2.77. The van der Waals surface area contributed by atoms with E-state index in [4.69, 9.17) is 0 Å². The molecule has 3 nitrogen and oxygen atoms in total. The highest BCUT2D eigenvalue weighted by Crippen LogP contribution is 2.33. The Kier molecular flexibility index (Phi) is 4.20. The Balaban J connectivity index is 2.29. The van der Waals surface area contributed by atoms with E-state index in [9.17, 15) is 23.1 Å². The highest BCUT2D eigenvalue weighted by Gasteiger charge is 2.30.